The molecule has 2 fully saturated rings. The number of rotatable bonds is 2. The maximum absolute atomic E-state index is 11.4. The number of nitrogens with zero attached hydrogens (tertiary/aromatic N) is 1. The standard InChI is InChI=1S/C9H17NO3.C4H9NO.ClH/c1-9(2,3)13-8(12)10-5-4-7(10)6-11;6-3-4-1-2-5-4;/h7,11H,4-6H2,1-3H3;4-6H,1-3H2;1H. The second-order valence-corrected chi connectivity index (χ2v) is 5.92. The van der Waals surface area contributed by atoms with Crippen LogP contribution in [-0.4, -0.2) is 65.2 Å². The molecule has 0 bridgehead atoms. The molecule has 2 heterocycles. The first-order valence-corrected chi connectivity index (χ1v) is 6.82. The van der Waals surface area contributed by atoms with Gasteiger partial charge >= 0.3 is 6.09 Å². The van der Waals surface area contributed by atoms with Crippen LogP contribution >= 0.6 is 12.4 Å². The lowest BCUT2D eigenvalue weighted by Crippen LogP contribution is -2.54. The first kappa shape index (κ1) is 19.4. The first-order valence-electron chi connectivity index (χ1n) is 6.82. The van der Waals surface area contributed by atoms with Crippen molar-refractivity contribution in [1.82, 2.24) is 10.2 Å². The zero-order valence-electron chi connectivity index (χ0n) is 12.5. The van der Waals surface area contributed by atoms with Crippen molar-refractivity contribution < 1.29 is 19.7 Å². The van der Waals surface area contributed by atoms with E-state index in [1.165, 1.54) is 0 Å². The Balaban J connectivity index is 0.000000434. The van der Waals surface area contributed by atoms with E-state index in [2.05, 4.69) is 5.32 Å². The number of amides is 1. The smallest absolute Gasteiger partial charge is 0.410 e. The van der Waals surface area contributed by atoms with E-state index in [-0.39, 0.29) is 31.1 Å². The summed E-state index contributed by atoms with van der Waals surface area (Å²) in [6.45, 7) is 7.61. The average molecular weight is 311 g/mol. The molecule has 3 N–H and O–H groups in total. The Kier molecular flexibility index (Phi) is 8.42. The Labute approximate surface area is 126 Å². The molecule has 2 unspecified atom stereocenters. The third kappa shape index (κ3) is 6.26. The summed E-state index contributed by atoms with van der Waals surface area (Å²) < 4.78 is 5.15. The molecule has 0 saturated carbocycles. The molecule has 0 aromatic heterocycles. The average Bonchev–Trinajstić information content (AvgIpc) is 2.12. The third-order valence-electron chi connectivity index (χ3n) is 3.13. The van der Waals surface area contributed by atoms with E-state index in [9.17, 15) is 4.79 Å². The summed E-state index contributed by atoms with van der Waals surface area (Å²) in [7, 11) is 0. The fourth-order valence-corrected chi connectivity index (χ4v) is 1.70. The molecule has 2 aliphatic heterocycles. The van der Waals surface area contributed by atoms with Crippen LogP contribution in [0.4, 0.5) is 4.79 Å². The number of aliphatic hydroxyl groups is 2. The third-order valence-corrected chi connectivity index (χ3v) is 3.13. The fraction of sp³-hybridized carbons (Fsp3) is 0.923. The summed E-state index contributed by atoms with van der Waals surface area (Å²) >= 11 is 0. The number of hydrogen-bond donors (Lipinski definition) is 3. The molecule has 120 valence electrons. The predicted molar refractivity (Wildman–Crippen MR) is 79.2 cm³/mol. The minimum Gasteiger partial charge on any atom is -0.444 e. The van der Waals surface area contributed by atoms with Crippen LogP contribution in [0.25, 0.3) is 0 Å². The van der Waals surface area contributed by atoms with Crippen LogP contribution in [0, 0.1) is 0 Å². The maximum atomic E-state index is 11.4. The number of aliphatic hydroxyl groups excluding tert-OH is 2. The summed E-state index contributed by atoms with van der Waals surface area (Å²) in [4.78, 5) is 13.0. The van der Waals surface area contributed by atoms with Crippen molar-refractivity contribution in [3.63, 3.8) is 0 Å². The minimum atomic E-state index is -0.452. The molecule has 20 heavy (non-hydrogen) atoms. The topological polar surface area (TPSA) is 82.0 Å². The Morgan fingerprint density at radius 1 is 1.30 bits per heavy atom. The normalized spacial score (nSPS) is 24.4. The lowest BCUT2D eigenvalue weighted by atomic mass is 10.1. The van der Waals surface area contributed by atoms with Gasteiger partial charge < -0.3 is 25.2 Å². The number of hydrogen-bond acceptors (Lipinski definition) is 5. The fourth-order valence-electron chi connectivity index (χ4n) is 1.70. The van der Waals surface area contributed by atoms with Crippen LogP contribution in [0.5, 0.6) is 0 Å². The molecular formula is C13H27ClN2O4. The molecule has 2 atom stereocenters. The Bertz CT molecular complexity index is 288. The van der Waals surface area contributed by atoms with Crippen LogP contribution < -0.4 is 5.32 Å². The maximum Gasteiger partial charge on any atom is 0.410 e. The minimum absolute atomic E-state index is 0. The first-order chi connectivity index (χ1) is 8.87. The van der Waals surface area contributed by atoms with Crippen molar-refractivity contribution in [1.29, 1.82) is 0 Å². The number of halogens is 1. The van der Waals surface area contributed by atoms with Crippen molar-refractivity contribution in [3.05, 3.63) is 0 Å². The summed E-state index contributed by atoms with van der Waals surface area (Å²) in [5, 5.41) is 20.2. The van der Waals surface area contributed by atoms with Gasteiger partial charge in [-0.2, -0.15) is 0 Å². The van der Waals surface area contributed by atoms with Gasteiger partial charge in [0.25, 0.3) is 0 Å². The summed E-state index contributed by atoms with van der Waals surface area (Å²) in [6, 6.07) is 0.389. The highest BCUT2D eigenvalue weighted by molar-refractivity contribution is 5.85. The van der Waals surface area contributed by atoms with Crippen LogP contribution in [-0.2, 0) is 4.74 Å². The van der Waals surface area contributed by atoms with E-state index in [4.69, 9.17) is 14.9 Å². The number of ether oxygens (including phenoxy) is 1. The SMILES string of the molecule is CC(C)(C)OC(=O)N1CCC1CO.Cl.OCC1CCN1. The van der Waals surface area contributed by atoms with Gasteiger partial charge in [0.1, 0.15) is 5.60 Å². The summed E-state index contributed by atoms with van der Waals surface area (Å²) in [6.07, 6.45) is 1.70. The number of nitrogens with one attached hydrogen (secondary N) is 1. The second-order valence-electron chi connectivity index (χ2n) is 5.92. The Morgan fingerprint density at radius 3 is 2.10 bits per heavy atom. The molecule has 0 radical (unpaired) electrons. The molecule has 7 heteroatoms. The lowest BCUT2D eigenvalue weighted by molar-refractivity contribution is -0.0166. The van der Waals surface area contributed by atoms with Gasteiger partial charge in [-0.25, -0.2) is 4.79 Å². The van der Waals surface area contributed by atoms with Gasteiger partial charge in [-0.3, -0.25) is 0 Å². The summed E-state index contributed by atoms with van der Waals surface area (Å²) in [5.41, 5.74) is -0.452. The highest BCUT2D eigenvalue weighted by atomic mass is 35.5. The lowest BCUT2D eigenvalue weighted by Gasteiger charge is -2.40. The molecule has 0 aliphatic carbocycles. The second kappa shape index (κ2) is 8.67. The number of carbonyl (C=O) groups is 1. The monoisotopic (exact) mass is 310 g/mol. The van der Waals surface area contributed by atoms with E-state index in [0.29, 0.717) is 19.2 Å². The number of carbonyl (C=O) groups excluding carboxylic acids is 1. The molecule has 1 amide bonds. The predicted octanol–water partition coefficient (Wildman–Crippen LogP) is 0.751. The Hall–Kier alpha value is -0.560. The van der Waals surface area contributed by atoms with Crippen molar-refractivity contribution in [2.75, 3.05) is 26.3 Å². The summed E-state index contributed by atoms with van der Waals surface area (Å²) in [5.74, 6) is 0. The van der Waals surface area contributed by atoms with Crippen molar-refractivity contribution in [2.24, 2.45) is 0 Å². The molecule has 0 spiro atoms. The molecule has 0 aromatic rings. The van der Waals surface area contributed by atoms with E-state index in [1.807, 2.05) is 20.8 Å². The molecule has 2 saturated heterocycles. The molecular weight excluding hydrogens is 284 g/mol. The van der Waals surface area contributed by atoms with Crippen molar-refractivity contribution >= 4 is 18.5 Å². The molecule has 2 aliphatic rings. The Morgan fingerprint density at radius 2 is 1.90 bits per heavy atom. The highest BCUT2D eigenvalue weighted by Gasteiger charge is 2.34. The van der Waals surface area contributed by atoms with Gasteiger partial charge in [-0.1, -0.05) is 0 Å². The van der Waals surface area contributed by atoms with Crippen LogP contribution in [0.15, 0.2) is 0 Å². The highest BCUT2D eigenvalue weighted by Crippen LogP contribution is 2.20. The number of likely N-dealkylation sites (tertiary alicyclic amines) is 1. The molecule has 2 rings (SSSR count). The van der Waals surface area contributed by atoms with Crippen molar-refractivity contribution in [3.8, 4) is 0 Å². The van der Waals surface area contributed by atoms with Gasteiger partial charge in [0.05, 0.1) is 19.3 Å². The van der Waals surface area contributed by atoms with E-state index in [1.54, 1.807) is 4.90 Å². The van der Waals surface area contributed by atoms with Crippen LogP contribution in [0.2, 0.25) is 0 Å². The zero-order valence-corrected chi connectivity index (χ0v) is 13.3. The van der Waals surface area contributed by atoms with Crippen molar-refractivity contribution in [2.45, 2.75) is 51.3 Å². The van der Waals surface area contributed by atoms with Gasteiger partial charge in [0, 0.05) is 12.6 Å². The van der Waals surface area contributed by atoms with Gasteiger partial charge in [-0.15, -0.1) is 12.4 Å². The van der Waals surface area contributed by atoms with Gasteiger partial charge in [-0.05, 0) is 40.2 Å². The quantitative estimate of drug-likeness (QED) is 0.701. The van der Waals surface area contributed by atoms with Gasteiger partial charge in [0.15, 0.2) is 0 Å². The zero-order chi connectivity index (χ0) is 14.5. The van der Waals surface area contributed by atoms with E-state index in [0.717, 1.165) is 19.4 Å². The molecule has 0 aromatic carbocycles. The largest absolute Gasteiger partial charge is 0.444 e. The van der Waals surface area contributed by atoms with Crippen LogP contribution in [0.3, 0.4) is 0 Å². The van der Waals surface area contributed by atoms with E-state index >= 15 is 0 Å². The van der Waals surface area contributed by atoms with Crippen LogP contribution in [0.1, 0.15) is 33.6 Å². The molecule has 6 nitrogen and oxygen atoms in total. The van der Waals surface area contributed by atoms with E-state index < -0.39 is 5.60 Å². The van der Waals surface area contributed by atoms with Gasteiger partial charge in [0.2, 0.25) is 0 Å².